The number of nitrogens with zero attached hydrogens (tertiary/aromatic N) is 4. The number of benzene rings is 2. The van der Waals surface area contributed by atoms with E-state index in [1.807, 2.05) is 30.3 Å². The maximum atomic E-state index is 10.6. The predicted octanol–water partition coefficient (Wildman–Crippen LogP) is 4.00. The van der Waals surface area contributed by atoms with Gasteiger partial charge in [-0.15, -0.1) is 0 Å². The zero-order chi connectivity index (χ0) is 15.1. The molecule has 0 radical (unpaired) electrons. The van der Waals surface area contributed by atoms with Gasteiger partial charge in [-0.1, -0.05) is 47.3 Å². The molecule has 1 atom stereocenters. The summed E-state index contributed by atoms with van der Waals surface area (Å²) in [6, 6.07) is 14.5. The van der Waals surface area contributed by atoms with Crippen molar-refractivity contribution in [3.8, 4) is 11.8 Å². The topological polar surface area (TPSA) is 91.9 Å². The summed E-state index contributed by atoms with van der Waals surface area (Å²) in [5.74, 6) is 5.72. The van der Waals surface area contributed by atoms with E-state index in [9.17, 15) is 10.1 Å². The lowest BCUT2D eigenvalue weighted by Crippen LogP contribution is -1.90. The van der Waals surface area contributed by atoms with Crippen molar-refractivity contribution in [2.24, 2.45) is 5.11 Å². The first-order chi connectivity index (χ1) is 10.2. The predicted molar refractivity (Wildman–Crippen MR) is 78.3 cm³/mol. The van der Waals surface area contributed by atoms with Crippen molar-refractivity contribution < 1.29 is 4.92 Å². The van der Waals surface area contributed by atoms with Crippen LogP contribution in [0.2, 0.25) is 0 Å². The Morgan fingerprint density at radius 3 is 2.38 bits per heavy atom. The zero-order valence-corrected chi connectivity index (χ0v) is 10.9. The van der Waals surface area contributed by atoms with Crippen molar-refractivity contribution in [3.63, 3.8) is 0 Å². The van der Waals surface area contributed by atoms with E-state index in [1.165, 1.54) is 12.1 Å². The van der Waals surface area contributed by atoms with E-state index in [-0.39, 0.29) is 5.69 Å². The first-order valence-corrected chi connectivity index (χ1v) is 6.06. The van der Waals surface area contributed by atoms with Gasteiger partial charge in [-0.25, -0.2) is 0 Å². The molecule has 0 saturated heterocycles. The molecule has 2 aromatic carbocycles. The molecule has 102 valence electrons. The SMILES string of the molecule is [N-]=[N+]=NC(C#Cc1ccc([N+](=O)[O-])cc1)c1ccccc1. The van der Waals surface area contributed by atoms with Gasteiger partial charge in [0, 0.05) is 22.6 Å². The van der Waals surface area contributed by atoms with Gasteiger partial charge in [0.2, 0.25) is 0 Å². The van der Waals surface area contributed by atoms with Crippen molar-refractivity contribution in [3.05, 3.63) is 86.3 Å². The van der Waals surface area contributed by atoms with Gasteiger partial charge in [-0.05, 0) is 23.2 Å². The summed E-state index contributed by atoms with van der Waals surface area (Å²) in [7, 11) is 0. The van der Waals surface area contributed by atoms with Crippen LogP contribution in [0, 0.1) is 22.0 Å². The molecule has 0 amide bonds. The summed E-state index contributed by atoms with van der Waals surface area (Å²) in [5.41, 5.74) is 10.0. The molecule has 0 spiro atoms. The first-order valence-electron chi connectivity index (χ1n) is 6.06. The van der Waals surface area contributed by atoms with Crippen molar-refractivity contribution in [1.82, 2.24) is 0 Å². The van der Waals surface area contributed by atoms with Gasteiger partial charge in [-0.3, -0.25) is 10.1 Å². The van der Waals surface area contributed by atoms with Gasteiger partial charge in [0.15, 0.2) is 0 Å². The van der Waals surface area contributed by atoms with Crippen LogP contribution in [0.25, 0.3) is 10.4 Å². The molecular formula is C15H10N4O2. The number of azide groups is 1. The summed E-state index contributed by atoms with van der Waals surface area (Å²) in [4.78, 5) is 12.9. The quantitative estimate of drug-likeness (QED) is 0.212. The lowest BCUT2D eigenvalue weighted by Gasteiger charge is -2.02. The van der Waals surface area contributed by atoms with Gasteiger partial charge in [0.25, 0.3) is 5.69 Å². The van der Waals surface area contributed by atoms with E-state index in [0.29, 0.717) is 5.56 Å². The van der Waals surface area contributed by atoms with E-state index in [0.717, 1.165) is 5.56 Å². The summed E-state index contributed by atoms with van der Waals surface area (Å²) in [6.07, 6.45) is 0. The number of hydrogen-bond acceptors (Lipinski definition) is 3. The largest absolute Gasteiger partial charge is 0.269 e. The molecule has 2 aromatic rings. The monoisotopic (exact) mass is 278 g/mol. The molecule has 0 heterocycles. The van der Waals surface area contributed by atoms with Crippen molar-refractivity contribution in [1.29, 1.82) is 0 Å². The van der Waals surface area contributed by atoms with E-state index in [2.05, 4.69) is 21.9 Å². The summed E-state index contributed by atoms with van der Waals surface area (Å²) in [6.45, 7) is 0. The second-order valence-corrected chi connectivity index (χ2v) is 4.09. The van der Waals surface area contributed by atoms with Crippen molar-refractivity contribution in [2.45, 2.75) is 6.04 Å². The fraction of sp³-hybridized carbons (Fsp3) is 0.0667. The summed E-state index contributed by atoms with van der Waals surface area (Å²) >= 11 is 0. The fourth-order valence-corrected chi connectivity index (χ4v) is 1.68. The van der Waals surface area contributed by atoms with Crippen LogP contribution in [0.5, 0.6) is 0 Å². The Morgan fingerprint density at radius 1 is 1.14 bits per heavy atom. The third-order valence-corrected chi connectivity index (χ3v) is 2.71. The van der Waals surface area contributed by atoms with Crippen LogP contribution in [-0.2, 0) is 0 Å². The van der Waals surface area contributed by atoms with Gasteiger partial charge in [-0.2, -0.15) is 0 Å². The smallest absolute Gasteiger partial charge is 0.258 e. The zero-order valence-electron chi connectivity index (χ0n) is 10.9. The van der Waals surface area contributed by atoms with Crippen LogP contribution in [0.3, 0.4) is 0 Å². The van der Waals surface area contributed by atoms with Crippen LogP contribution in [0.1, 0.15) is 17.2 Å². The van der Waals surface area contributed by atoms with Crippen LogP contribution >= 0.6 is 0 Å². The van der Waals surface area contributed by atoms with Crippen molar-refractivity contribution in [2.75, 3.05) is 0 Å². The van der Waals surface area contributed by atoms with Gasteiger partial charge >= 0.3 is 0 Å². The summed E-state index contributed by atoms with van der Waals surface area (Å²) in [5, 5.41) is 14.2. The fourth-order valence-electron chi connectivity index (χ4n) is 1.68. The maximum Gasteiger partial charge on any atom is 0.269 e. The molecule has 0 fully saturated rings. The van der Waals surface area contributed by atoms with E-state index >= 15 is 0 Å². The van der Waals surface area contributed by atoms with Crippen LogP contribution in [0.15, 0.2) is 59.7 Å². The number of rotatable bonds is 3. The summed E-state index contributed by atoms with van der Waals surface area (Å²) < 4.78 is 0. The van der Waals surface area contributed by atoms with Gasteiger partial charge < -0.3 is 0 Å². The Labute approximate surface area is 120 Å². The Hall–Kier alpha value is -3.29. The third kappa shape index (κ3) is 3.83. The molecule has 2 rings (SSSR count). The Balaban J connectivity index is 2.26. The molecule has 1 unspecified atom stereocenters. The van der Waals surface area contributed by atoms with E-state index in [1.54, 1.807) is 12.1 Å². The lowest BCUT2D eigenvalue weighted by atomic mass is 10.1. The molecule has 0 aliphatic rings. The average Bonchev–Trinajstić information content (AvgIpc) is 2.52. The Bertz CT molecular complexity index is 739. The van der Waals surface area contributed by atoms with Crippen LogP contribution in [0.4, 0.5) is 5.69 Å². The number of non-ortho nitro benzene ring substituents is 1. The molecule has 6 nitrogen and oxygen atoms in total. The van der Waals surface area contributed by atoms with Crippen LogP contribution < -0.4 is 0 Å². The van der Waals surface area contributed by atoms with Gasteiger partial charge in [0.05, 0.1) is 4.92 Å². The number of hydrogen-bond donors (Lipinski definition) is 0. The molecule has 0 aliphatic heterocycles. The normalized spacial score (nSPS) is 10.7. The van der Waals surface area contributed by atoms with Crippen molar-refractivity contribution >= 4 is 5.69 Å². The molecule has 6 heteroatoms. The Kier molecular flexibility index (Phi) is 4.54. The minimum Gasteiger partial charge on any atom is -0.258 e. The molecule has 0 bridgehead atoms. The van der Waals surface area contributed by atoms with Crippen LogP contribution in [-0.4, -0.2) is 4.92 Å². The highest BCUT2D eigenvalue weighted by atomic mass is 16.6. The number of nitro groups is 1. The van der Waals surface area contributed by atoms with E-state index in [4.69, 9.17) is 5.53 Å². The highest BCUT2D eigenvalue weighted by Crippen LogP contribution is 2.17. The third-order valence-electron chi connectivity index (χ3n) is 2.71. The second kappa shape index (κ2) is 6.75. The molecule has 0 saturated carbocycles. The minimum atomic E-state index is -0.591. The Morgan fingerprint density at radius 2 is 1.81 bits per heavy atom. The highest BCUT2D eigenvalue weighted by Gasteiger charge is 2.05. The maximum absolute atomic E-state index is 10.6. The lowest BCUT2D eigenvalue weighted by molar-refractivity contribution is -0.384. The molecule has 0 aromatic heterocycles. The standard InChI is InChI=1S/C15H10N4O2/c16-18-17-15(13-4-2-1-3-5-13)11-8-12-6-9-14(10-7-12)19(20)21/h1-7,9-10,15H. The molecule has 0 N–H and O–H groups in total. The number of nitro benzene ring substituents is 1. The minimum absolute atomic E-state index is 0.00945. The molecular weight excluding hydrogens is 268 g/mol. The van der Waals surface area contributed by atoms with Gasteiger partial charge in [0.1, 0.15) is 6.04 Å². The second-order valence-electron chi connectivity index (χ2n) is 4.09. The van der Waals surface area contributed by atoms with E-state index < -0.39 is 11.0 Å². The highest BCUT2D eigenvalue weighted by molar-refractivity contribution is 5.42. The molecule has 0 aliphatic carbocycles. The first kappa shape index (κ1) is 14.1. The molecule has 21 heavy (non-hydrogen) atoms. The average molecular weight is 278 g/mol.